The van der Waals surface area contributed by atoms with Crippen molar-refractivity contribution in [2.24, 2.45) is 5.92 Å². The minimum absolute atomic E-state index is 0.00654. The molecule has 19 heteroatoms. The average Bonchev–Trinajstić information content (AvgIpc) is 3.77. The molecular weight excluding hydrogens is 852 g/mol. The third-order valence-corrected chi connectivity index (χ3v) is 12.6. The van der Waals surface area contributed by atoms with Crippen LogP contribution in [0.5, 0.6) is 5.75 Å². The Hall–Kier alpha value is -5.73. The molecule has 346 valence electrons. The molecule has 1 atom stereocenters. The molecule has 16 nitrogen and oxygen atoms in total. The van der Waals surface area contributed by atoms with Crippen molar-refractivity contribution in [3.05, 3.63) is 88.5 Å². The molecular formula is C46H52F3N7O9. The van der Waals surface area contributed by atoms with Gasteiger partial charge in [-0.3, -0.25) is 49.3 Å². The van der Waals surface area contributed by atoms with E-state index in [1.54, 1.807) is 6.07 Å². The fourth-order valence-corrected chi connectivity index (χ4v) is 9.00. The highest BCUT2D eigenvalue weighted by Gasteiger charge is 2.45. The summed E-state index contributed by atoms with van der Waals surface area (Å²) < 4.78 is 59.5. The number of fused-ring (bicyclic) bond motifs is 2. The number of nitrogens with one attached hydrogen (secondary N) is 2. The Labute approximate surface area is 373 Å². The Morgan fingerprint density at radius 3 is 2.28 bits per heavy atom. The van der Waals surface area contributed by atoms with Gasteiger partial charge >= 0.3 is 6.18 Å². The quantitative estimate of drug-likeness (QED) is 0.0986. The lowest BCUT2D eigenvalue weighted by atomic mass is 9.86. The summed E-state index contributed by atoms with van der Waals surface area (Å²) in [4.78, 5) is 73.5. The molecule has 1 aromatic heterocycles. The lowest BCUT2D eigenvalue weighted by Crippen LogP contribution is -2.54. The van der Waals surface area contributed by atoms with Crippen molar-refractivity contribution in [1.82, 2.24) is 29.6 Å². The standard InChI is InChI=1S/C46H52F3N7O9/c47-46(48,49)32-3-1-2-31(25-32)41(59)52-45-50-37-24-30(6-11-38(37)55(45)33-7-4-29(28-57)5-8-33)27-54-16-14-53(15-17-54)18-19-63-20-21-64-22-23-65-34-9-10-35-36(26-34)44(62)56(43(35)61)39-12-13-40(58)51-42(39)60/h1-3,6,9-11,24-26,29,33,39,57H,4-5,7-8,12-23,27-28H2,(H,50,52,59)(H,51,58,60)/t29-,33+,39?. The summed E-state index contributed by atoms with van der Waals surface area (Å²) in [6, 6.07) is 14.0. The van der Waals surface area contributed by atoms with Crippen molar-refractivity contribution in [1.29, 1.82) is 0 Å². The van der Waals surface area contributed by atoms with E-state index in [1.807, 2.05) is 16.7 Å². The van der Waals surface area contributed by atoms with E-state index >= 15 is 0 Å². The van der Waals surface area contributed by atoms with E-state index in [9.17, 15) is 42.3 Å². The first-order valence-electron chi connectivity index (χ1n) is 22.0. The maximum absolute atomic E-state index is 13.4. The molecule has 0 radical (unpaired) electrons. The van der Waals surface area contributed by atoms with Gasteiger partial charge in [0, 0.05) is 63.9 Å². The number of alkyl halides is 3. The van der Waals surface area contributed by atoms with E-state index in [2.05, 4.69) is 26.5 Å². The molecule has 4 heterocycles. The van der Waals surface area contributed by atoms with E-state index in [0.29, 0.717) is 37.6 Å². The van der Waals surface area contributed by atoms with Crippen molar-refractivity contribution < 1.29 is 56.5 Å². The summed E-state index contributed by atoms with van der Waals surface area (Å²) in [6.45, 7) is 6.85. The van der Waals surface area contributed by atoms with Gasteiger partial charge < -0.3 is 23.9 Å². The molecule has 0 spiro atoms. The SMILES string of the molecule is O=C1CCC(N2C(=O)c3ccc(OCCOCCOCCN4CCN(Cc5ccc6c(c5)nc(NC(=O)c5cccc(C(F)(F)F)c5)n6[C@H]5CC[C@@H](CO)CC5)CC4)cc3C2=O)C(=O)N1. The van der Waals surface area contributed by atoms with Crippen molar-refractivity contribution in [3.8, 4) is 5.75 Å². The molecule has 3 aromatic carbocycles. The monoisotopic (exact) mass is 903 g/mol. The average molecular weight is 904 g/mol. The molecule has 4 aromatic rings. The normalized spacial score (nSPS) is 20.9. The van der Waals surface area contributed by atoms with Gasteiger partial charge in [0.15, 0.2) is 0 Å². The number of nitrogens with zero attached hydrogens (tertiary/aromatic N) is 5. The van der Waals surface area contributed by atoms with Gasteiger partial charge in [0.25, 0.3) is 17.7 Å². The van der Waals surface area contributed by atoms with E-state index in [1.165, 1.54) is 24.3 Å². The largest absolute Gasteiger partial charge is 0.491 e. The predicted octanol–water partition coefficient (Wildman–Crippen LogP) is 4.66. The number of aromatic nitrogens is 2. The summed E-state index contributed by atoms with van der Waals surface area (Å²) in [5.74, 6) is -2.06. The minimum Gasteiger partial charge on any atom is -0.491 e. The van der Waals surface area contributed by atoms with Gasteiger partial charge in [0.05, 0.1) is 54.2 Å². The van der Waals surface area contributed by atoms with Crippen LogP contribution in [0.15, 0.2) is 60.7 Å². The fourth-order valence-electron chi connectivity index (χ4n) is 9.00. The van der Waals surface area contributed by atoms with Crippen LogP contribution in [-0.2, 0) is 31.8 Å². The molecule has 2 saturated heterocycles. The second-order valence-corrected chi connectivity index (χ2v) is 16.9. The van der Waals surface area contributed by atoms with Gasteiger partial charge in [0.2, 0.25) is 17.8 Å². The summed E-state index contributed by atoms with van der Waals surface area (Å²) in [6.07, 6.45) is -1.26. The second kappa shape index (κ2) is 20.2. The number of carbonyl (C=O) groups excluding carboxylic acids is 5. The van der Waals surface area contributed by atoms with Crippen LogP contribution in [0.4, 0.5) is 19.1 Å². The maximum atomic E-state index is 13.4. The topological polar surface area (TPSA) is 185 Å². The number of piperidine rings is 1. The van der Waals surface area contributed by atoms with Crippen LogP contribution in [0, 0.1) is 5.92 Å². The number of carbonyl (C=O) groups is 5. The van der Waals surface area contributed by atoms with Gasteiger partial charge in [-0.15, -0.1) is 0 Å². The predicted molar refractivity (Wildman–Crippen MR) is 229 cm³/mol. The molecule has 5 amide bonds. The number of aliphatic hydroxyl groups excluding tert-OH is 1. The molecule has 8 rings (SSSR count). The zero-order chi connectivity index (χ0) is 45.7. The number of benzene rings is 3. The van der Waals surface area contributed by atoms with E-state index in [4.69, 9.17) is 19.2 Å². The van der Waals surface area contributed by atoms with Crippen molar-refractivity contribution in [3.63, 3.8) is 0 Å². The first kappa shape index (κ1) is 45.8. The van der Waals surface area contributed by atoms with Crippen molar-refractivity contribution in [2.75, 3.05) is 77.7 Å². The molecule has 1 aliphatic carbocycles. The smallest absolute Gasteiger partial charge is 0.416 e. The number of imidazole rings is 1. The highest BCUT2D eigenvalue weighted by Crippen LogP contribution is 2.38. The number of amides is 5. The van der Waals surface area contributed by atoms with Crippen LogP contribution in [0.2, 0.25) is 0 Å². The fraction of sp³-hybridized carbons (Fsp3) is 0.478. The third-order valence-electron chi connectivity index (χ3n) is 12.6. The van der Waals surface area contributed by atoms with Crippen LogP contribution in [0.25, 0.3) is 11.0 Å². The zero-order valence-corrected chi connectivity index (χ0v) is 35.8. The van der Waals surface area contributed by atoms with E-state index < -0.39 is 47.3 Å². The first-order valence-corrected chi connectivity index (χ1v) is 22.0. The van der Waals surface area contributed by atoms with Crippen LogP contribution >= 0.6 is 0 Å². The van der Waals surface area contributed by atoms with Gasteiger partial charge in [-0.25, -0.2) is 4.98 Å². The number of piperazine rings is 1. The second-order valence-electron chi connectivity index (χ2n) is 16.9. The maximum Gasteiger partial charge on any atom is 0.416 e. The number of halogens is 3. The molecule has 3 fully saturated rings. The van der Waals surface area contributed by atoms with Crippen LogP contribution < -0.4 is 15.4 Å². The highest BCUT2D eigenvalue weighted by molar-refractivity contribution is 6.23. The number of hydrogen-bond donors (Lipinski definition) is 3. The highest BCUT2D eigenvalue weighted by atomic mass is 19.4. The lowest BCUT2D eigenvalue weighted by Gasteiger charge is -2.34. The Bertz CT molecular complexity index is 2410. The van der Waals surface area contributed by atoms with Gasteiger partial charge in [-0.1, -0.05) is 12.1 Å². The van der Waals surface area contributed by atoms with Crippen LogP contribution in [-0.4, -0.2) is 137 Å². The van der Waals surface area contributed by atoms with E-state index in [-0.39, 0.29) is 67.3 Å². The summed E-state index contributed by atoms with van der Waals surface area (Å²) >= 11 is 0. The zero-order valence-electron chi connectivity index (χ0n) is 35.8. The molecule has 1 saturated carbocycles. The van der Waals surface area contributed by atoms with Crippen molar-refractivity contribution >= 4 is 46.5 Å². The Morgan fingerprint density at radius 2 is 1.54 bits per heavy atom. The molecule has 3 aliphatic heterocycles. The molecule has 3 N–H and O–H groups in total. The molecule has 0 bridgehead atoms. The van der Waals surface area contributed by atoms with Crippen molar-refractivity contribution in [2.45, 2.75) is 63.3 Å². The Balaban J connectivity index is 0.751. The molecule has 65 heavy (non-hydrogen) atoms. The first-order chi connectivity index (χ1) is 31.4. The Kier molecular flexibility index (Phi) is 14.2. The molecule has 1 unspecified atom stereocenters. The number of ether oxygens (including phenoxy) is 3. The third kappa shape index (κ3) is 10.7. The Morgan fingerprint density at radius 1 is 0.815 bits per heavy atom. The number of aliphatic hydroxyl groups is 1. The summed E-state index contributed by atoms with van der Waals surface area (Å²) in [7, 11) is 0. The number of anilines is 1. The van der Waals surface area contributed by atoms with Crippen LogP contribution in [0.3, 0.4) is 0 Å². The molecule has 4 aliphatic rings. The summed E-state index contributed by atoms with van der Waals surface area (Å²) in [5, 5.41) is 14.7. The number of imide groups is 2. The summed E-state index contributed by atoms with van der Waals surface area (Å²) in [5.41, 5.74) is 1.90. The van der Waals surface area contributed by atoms with Crippen LogP contribution in [0.1, 0.15) is 86.8 Å². The van der Waals surface area contributed by atoms with Gasteiger partial charge in [-0.05, 0) is 92.1 Å². The van der Waals surface area contributed by atoms with Gasteiger partial charge in [0.1, 0.15) is 18.4 Å². The minimum atomic E-state index is -4.58. The number of rotatable bonds is 17. The lowest BCUT2D eigenvalue weighted by molar-refractivity contribution is -0.138. The van der Waals surface area contributed by atoms with Gasteiger partial charge in [-0.2, -0.15) is 13.2 Å². The number of hydrogen-bond acceptors (Lipinski definition) is 12. The van der Waals surface area contributed by atoms with E-state index in [0.717, 1.165) is 86.5 Å².